The summed E-state index contributed by atoms with van der Waals surface area (Å²) in [6.07, 6.45) is 9.17. The molecule has 0 bridgehead atoms. The Morgan fingerprint density at radius 3 is 1.40 bits per heavy atom. The van der Waals surface area contributed by atoms with Gasteiger partial charge in [0.15, 0.2) is 0 Å². The van der Waals surface area contributed by atoms with Gasteiger partial charge < -0.3 is 33.5 Å². The molecule has 0 spiro atoms. The minimum atomic E-state index is -0.623. The second-order valence-electron chi connectivity index (χ2n) is 11.0. The van der Waals surface area contributed by atoms with Crippen LogP contribution in [0.4, 0.5) is 0 Å². The van der Waals surface area contributed by atoms with Crippen molar-refractivity contribution in [3.63, 3.8) is 0 Å². The van der Waals surface area contributed by atoms with Gasteiger partial charge in [-0.05, 0) is 118 Å². The van der Waals surface area contributed by atoms with E-state index in [2.05, 4.69) is 13.2 Å². The molecule has 0 saturated carbocycles. The molecule has 0 saturated heterocycles. The third-order valence-electron chi connectivity index (χ3n) is 7.23. The Morgan fingerprint density at radius 2 is 0.960 bits per heavy atom. The molecular formula is C39H44O11. The second-order valence-corrected chi connectivity index (χ2v) is 11.0. The van der Waals surface area contributed by atoms with Gasteiger partial charge in [0.2, 0.25) is 0 Å². The molecule has 3 rings (SSSR count). The standard InChI is InChI=1S/C39H44O11/c1-3-36(41)47-25-11-7-5-9-23-45-32-17-13-29(14-18-32)38(43)49-34-21-22-35(31(27-34)28-40)50-39(44)30-15-19-33(20-16-30)46-24-10-6-8-12-26-48-37(42)4-2/h3-4,13-22,27,40H,1-2,5-12,23-26,28H2. The maximum atomic E-state index is 12.8. The molecule has 3 aromatic rings. The van der Waals surface area contributed by atoms with Crippen molar-refractivity contribution in [3.05, 3.63) is 109 Å². The number of carbonyl (C=O) groups is 4. The average molecular weight is 689 g/mol. The third-order valence-corrected chi connectivity index (χ3v) is 7.23. The molecule has 0 radical (unpaired) electrons. The summed E-state index contributed by atoms with van der Waals surface area (Å²) in [6.45, 7) is 8.03. The predicted octanol–water partition coefficient (Wildman–Crippen LogP) is 6.95. The number of hydrogen-bond donors (Lipinski definition) is 1. The van der Waals surface area contributed by atoms with Gasteiger partial charge in [0, 0.05) is 17.7 Å². The van der Waals surface area contributed by atoms with Gasteiger partial charge in [-0.2, -0.15) is 0 Å². The van der Waals surface area contributed by atoms with Gasteiger partial charge in [0.1, 0.15) is 23.0 Å². The van der Waals surface area contributed by atoms with Crippen molar-refractivity contribution in [1.82, 2.24) is 0 Å². The lowest BCUT2D eigenvalue weighted by atomic mass is 10.2. The number of carbonyl (C=O) groups excluding carboxylic acids is 4. The first kappa shape index (κ1) is 39.0. The fourth-order valence-corrected chi connectivity index (χ4v) is 4.50. The zero-order chi connectivity index (χ0) is 36.0. The van der Waals surface area contributed by atoms with Crippen LogP contribution in [-0.2, 0) is 25.7 Å². The van der Waals surface area contributed by atoms with Crippen molar-refractivity contribution in [3.8, 4) is 23.0 Å². The topological polar surface area (TPSA) is 144 Å². The quantitative estimate of drug-likeness (QED) is 0.0478. The molecule has 3 aromatic carbocycles. The minimum Gasteiger partial charge on any atom is -0.494 e. The first-order valence-corrected chi connectivity index (χ1v) is 16.5. The number of ether oxygens (including phenoxy) is 6. The lowest BCUT2D eigenvalue weighted by molar-refractivity contribution is -0.138. The Labute approximate surface area is 292 Å². The first-order valence-electron chi connectivity index (χ1n) is 16.5. The van der Waals surface area contributed by atoms with Gasteiger partial charge in [-0.1, -0.05) is 13.2 Å². The molecule has 11 heteroatoms. The summed E-state index contributed by atoms with van der Waals surface area (Å²) in [6, 6.07) is 17.5. The molecule has 0 aromatic heterocycles. The van der Waals surface area contributed by atoms with E-state index in [4.69, 9.17) is 28.4 Å². The van der Waals surface area contributed by atoms with Gasteiger partial charge in [0.25, 0.3) is 0 Å². The summed E-state index contributed by atoms with van der Waals surface area (Å²) >= 11 is 0. The summed E-state index contributed by atoms with van der Waals surface area (Å²) in [5, 5.41) is 9.91. The number of rotatable bonds is 23. The molecule has 0 atom stereocenters. The van der Waals surface area contributed by atoms with Gasteiger partial charge in [0.05, 0.1) is 44.2 Å². The van der Waals surface area contributed by atoms with Crippen LogP contribution >= 0.6 is 0 Å². The van der Waals surface area contributed by atoms with E-state index in [1.54, 1.807) is 48.5 Å². The van der Waals surface area contributed by atoms with Crippen LogP contribution in [0.15, 0.2) is 92.0 Å². The Kier molecular flexibility index (Phi) is 17.4. The molecule has 0 unspecified atom stereocenters. The summed E-state index contributed by atoms with van der Waals surface area (Å²) in [4.78, 5) is 47.6. The molecular weight excluding hydrogens is 644 g/mol. The van der Waals surface area contributed by atoms with Crippen LogP contribution in [0.3, 0.4) is 0 Å². The van der Waals surface area contributed by atoms with E-state index in [-0.39, 0.29) is 17.1 Å². The van der Waals surface area contributed by atoms with Crippen LogP contribution in [-0.4, -0.2) is 55.4 Å². The van der Waals surface area contributed by atoms with Crippen LogP contribution < -0.4 is 18.9 Å². The summed E-state index contributed by atoms with van der Waals surface area (Å²) in [7, 11) is 0. The SMILES string of the molecule is C=CC(=O)OCCCCCCOc1ccc(C(=O)Oc2ccc(OC(=O)c3ccc(OCCCCCCOC(=O)C=C)cc3)c(CO)c2)cc1. The van der Waals surface area contributed by atoms with Gasteiger partial charge in [-0.3, -0.25) is 0 Å². The highest BCUT2D eigenvalue weighted by molar-refractivity contribution is 5.92. The Morgan fingerprint density at radius 1 is 0.540 bits per heavy atom. The fraction of sp³-hybridized carbons (Fsp3) is 0.333. The Balaban J connectivity index is 1.39. The molecule has 0 amide bonds. The number of aliphatic hydroxyl groups excluding tert-OH is 1. The summed E-state index contributed by atoms with van der Waals surface area (Å²) in [5.74, 6) is -0.517. The molecule has 0 heterocycles. The summed E-state index contributed by atoms with van der Waals surface area (Å²) < 4.78 is 32.4. The fourth-order valence-electron chi connectivity index (χ4n) is 4.50. The van der Waals surface area contributed by atoms with Crippen molar-refractivity contribution in [2.45, 2.75) is 58.0 Å². The molecule has 266 valence electrons. The largest absolute Gasteiger partial charge is 0.494 e. The smallest absolute Gasteiger partial charge is 0.343 e. The summed E-state index contributed by atoms with van der Waals surface area (Å²) in [5.41, 5.74) is 0.870. The molecule has 0 fully saturated rings. The third kappa shape index (κ3) is 14.4. The number of esters is 4. The molecule has 1 N–H and O–H groups in total. The highest BCUT2D eigenvalue weighted by Crippen LogP contribution is 2.27. The molecule has 0 aliphatic carbocycles. The van der Waals surface area contributed by atoms with E-state index < -0.39 is 30.5 Å². The Hall–Kier alpha value is -5.42. The number of hydrogen-bond acceptors (Lipinski definition) is 11. The van der Waals surface area contributed by atoms with E-state index >= 15 is 0 Å². The van der Waals surface area contributed by atoms with E-state index in [1.165, 1.54) is 18.2 Å². The zero-order valence-electron chi connectivity index (χ0n) is 28.1. The van der Waals surface area contributed by atoms with Crippen LogP contribution in [0.5, 0.6) is 23.0 Å². The van der Waals surface area contributed by atoms with Crippen LogP contribution in [0, 0.1) is 0 Å². The van der Waals surface area contributed by atoms with Crippen LogP contribution in [0.1, 0.15) is 77.6 Å². The number of aliphatic hydroxyl groups is 1. The van der Waals surface area contributed by atoms with Crippen molar-refractivity contribution in [1.29, 1.82) is 0 Å². The average Bonchev–Trinajstić information content (AvgIpc) is 3.14. The van der Waals surface area contributed by atoms with E-state index in [1.807, 2.05) is 0 Å². The molecule has 11 nitrogen and oxygen atoms in total. The highest BCUT2D eigenvalue weighted by Gasteiger charge is 2.15. The van der Waals surface area contributed by atoms with E-state index in [0.717, 1.165) is 63.5 Å². The molecule has 0 aliphatic rings. The lowest BCUT2D eigenvalue weighted by Crippen LogP contribution is -2.11. The van der Waals surface area contributed by atoms with Crippen molar-refractivity contribution in [2.75, 3.05) is 26.4 Å². The Bertz CT molecular complexity index is 1550. The molecule has 0 aliphatic heterocycles. The lowest BCUT2D eigenvalue weighted by Gasteiger charge is -2.12. The van der Waals surface area contributed by atoms with Crippen LogP contribution in [0.2, 0.25) is 0 Å². The minimum absolute atomic E-state index is 0.134. The zero-order valence-corrected chi connectivity index (χ0v) is 28.1. The van der Waals surface area contributed by atoms with E-state index in [0.29, 0.717) is 49.1 Å². The maximum absolute atomic E-state index is 12.8. The number of benzene rings is 3. The van der Waals surface area contributed by atoms with Crippen molar-refractivity contribution >= 4 is 23.9 Å². The molecule has 50 heavy (non-hydrogen) atoms. The van der Waals surface area contributed by atoms with E-state index in [9.17, 15) is 24.3 Å². The monoisotopic (exact) mass is 688 g/mol. The van der Waals surface area contributed by atoms with Gasteiger partial charge in [-0.15, -0.1) is 0 Å². The maximum Gasteiger partial charge on any atom is 0.343 e. The van der Waals surface area contributed by atoms with Gasteiger partial charge >= 0.3 is 23.9 Å². The number of unbranched alkanes of at least 4 members (excludes halogenated alkanes) is 6. The van der Waals surface area contributed by atoms with Crippen molar-refractivity contribution < 1.29 is 52.7 Å². The van der Waals surface area contributed by atoms with Crippen LogP contribution in [0.25, 0.3) is 0 Å². The van der Waals surface area contributed by atoms with Crippen molar-refractivity contribution in [2.24, 2.45) is 0 Å². The normalized spacial score (nSPS) is 10.4. The highest BCUT2D eigenvalue weighted by atomic mass is 16.5. The predicted molar refractivity (Wildman–Crippen MR) is 185 cm³/mol. The second kappa shape index (κ2) is 22.3. The van der Waals surface area contributed by atoms with Gasteiger partial charge in [-0.25, -0.2) is 19.2 Å². The first-order chi connectivity index (χ1) is 24.3.